The van der Waals surface area contributed by atoms with Crippen molar-refractivity contribution in [2.24, 2.45) is 0 Å². The normalized spacial score (nSPS) is 11.9. The third kappa shape index (κ3) is 3.45. The van der Waals surface area contributed by atoms with E-state index in [9.17, 15) is 4.79 Å². The number of ether oxygens (including phenoxy) is 1. The summed E-state index contributed by atoms with van der Waals surface area (Å²) in [7, 11) is 1.40. The molecule has 3 nitrogen and oxygen atoms in total. The Bertz CT molecular complexity index is 329. The maximum Gasteiger partial charge on any atom is 0.419 e. The van der Waals surface area contributed by atoms with E-state index in [4.69, 9.17) is 4.74 Å². The van der Waals surface area contributed by atoms with Crippen molar-refractivity contribution in [3.8, 4) is 0 Å². The van der Waals surface area contributed by atoms with Gasteiger partial charge in [-0.15, -0.1) is 0 Å². The molecule has 0 heterocycles. The van der Waals surface area contributed by atoms with Gasteiger partial charge in [0.15, 0.2) is 0 Å². The average molecular weight is 239 g/mol. The highest BCUT2D eigenvalue weighted by Crippen LogP contribution is 2.16. The van der Waals surface area contributed by atoms with E-state index in [-0.39, 0.29) is 12.1 Å². The van der Waals surface area contributed by atoms with Gasteiger partial charge in [0, 0.05) is 12.3 Å². The van der Waals surface area contributed by atoms with Crippen LogP contribution in [0.1, 0.15) is 12.5 Å². The van der Waals surface area contributed by atoms with E-state index in [0.29, 0.717) is 0 Å². The molecule has 0 spiro atoms. The molecule has 0 N–H and O–H groups in total. The summed E-state index contributed by atoms with van der Waals surface area (Å²) in [5.74, 6) is 0. The van der Waals surface area contributed by atoms with Gasteiger partial charge >= 0.3 is 6.09 Å². The molecule has 0 saturated heterocycles. The number of hydrogen-bond acceptors (Lipinski definition) is 3. The number of hydrogen-bond donors (Lipinski definition) is 0. The molecule has 0 aliphatic heterocycles. The molecular formula is C12H17NO2S. The number of methoxy groups -OCH3 is 1. The van der Waals surface area contributed by atoms with Crippen LogP contribution >= 0.6 is 11.9 Å². The van der Waals surface area contributed by atoms with Crippen LogP contribution in [-0.4, -0.2) is 29.8 Å². The fourth-order valence-corrected chi connectivity index (χ4v) is 2.22. The molecule has 1 aromatic rings. The van der Waals surface area contributed by atoms with E-state index >= 15 is 0 Å². The summed E-state index contributed by atoms with van der Waals surface area (Å²) in [5, 5.41) is 0. The minimum absolute atomic E-state index is 0.116. The maximum absolute atomic E-state index is 11.5. The predicted molar refractivity (Wildman–Crippen MR) is 67.4 cm³/mol. The third-order valence-corrected chi connectivity index (χ3v) is 3.23. The van der Waals surface area contributed by atoms with E-state index in [0.717, 1.165) is 6.42 Å². The molecule has 1 aromatic carbocycles. The van der Waals surface area contributed by atoms with E-state index < -0.39 is 0 Å². The molecule has 0 bridgehead atoms. The standard InChI is InChI=1S/C12H17NO2S/c1-10(13(16-3)12(14)15-2)9-11-7-5-4-6-8-11/h4-8,10H,9H2,1-3H3. The van der Waals surface area contributed by atoms with Crippen LogP contribution in [0.4, 0.5) is 4.79 Å². The van der Waals surface area contributed by atoms with Crippen molar-refractivity contribution in [3.05, 3.63) is 35.9 Å². The molecule has 16 heavy (non-hydrogen) atoms. The molecule has 0 radical (unpaired) electrons. The van der Waals surface area contributed by atoms with Crippen molar-refractivity contribution in [3.63, 3.8) is 0 Å². The van der Waals surface area contributed by atoms with Crippen LogP contribution in [-0.2, 0) is 11.2 Å². The quantitative estimate of drug-likeness (QED) is 0.757. The molecule has 1 unspecified atom stereocenters. The van der Waals surface area contributed by atoms with Gasteiger partial charge in [0.05, 0.1) is 7.11 Å². The number of benzene rings is 1. The summed E-state index contributed by atoms with van der Waals surface area (Å²) in [6.07, 6.45) is 2.41. The van der Waals surface area contributed by atoms with Gasteiger partial charge in [-0.3, -0.25) is 0 Å². The number of carbonyl (C=O) groups is 1. The summed E-state index contributed by atoms with van der Waals surface area (Å²) in [6, 6.07) is 10.2. The third-order valence-electron chi connectivity index (χ3n) is 2.33. The van der Waals surface area contributed by atoms with Gasteiger partial charge in [0.2, 0.25) is 0 Å². The summed E-state index contributed by atoms with van der Waals surface area (Å²) < 4.78 is 6.37. The summed E-state index contributed by atoms with van der Waals surface area (Å²) in [5.41, 5.74) is 1.22. The number of carbonyl (C=O) groups excluding carboxylic acids is 1. The predicted octanol–water partition coefficient (Wildman–Crippen LogP) is 2.96. The Morgan fingerprint density at radius 3 is 2.56 bits per heavy atom. The van der Waals surface area contributed by atoms with E-state index in [1.807, 2.05) is 31.4 Å². The molecule has 4 heteroatoms. The lowest BCUT2D eigenvalue weighted by molar-refractivity contribution is 0.144. The first kappa shape index (κ1) is 12.9. The van der Waals surface area contributed by atoms with Crippen molar-refractivity contribution in [2.75, 3.05) is 13.4 Å². The first-order chi connectivity index (χ1) is 7.69. The lowest BCUT2D eigenvalue weighted by Gasteiger charge is -2.25. The van der Waals surface area contributed by atoms with Gasteiger partial charge < -0.3 is 4.74 Å². The first-order valence-corrected chi connectivity index (χ1v) is 6.32. The Hall–Kier alpha value is -1.16. The van der Waals surface area contributed by atoms with Crippen molar-refractivity contribution >= 4 is 18.0 Å². The average Bonchev–Trinajstić information content (AvgIpc) is 2.31. The number of amides is 1. The zero-order valence-corrected chi connectivity index (χ0v) is 10.7. The molecule has 0 fully saturated rings. The second-order valence-electron chi connectivity index (χ2n) is 3.52. The maximum atomic E-state index is 11.5. The fourth-order valence-electron chi connectivity index (χ4n) is 1.56. The Labute approximate surface area is 101 Å². The van der Waals surface area contributed by atoms with Crippen molar-refractivity contribution in [1.29, 1.82) is 0 Å². The Morgan fingerprint density at radius 1 is 1.44 bits per heavy atom. The minimum atomic E-state index is -0.295. The molecule has 1 atom stereocenters. The zero-order chi connectivity index (χ0) is 12.0. The Balaban J connectivity index is 2.63. The smallest absolute Gasteiger partial charge is 0.419 e. The molecule has 88 valence electrons. The van der Waals surface area contributed by atoms with E-state index in [1.54, 1.807) is 4.31 Å². The molecule has 1 rings (SSSR count). The second kappa shape index (κ2) is 6.43. The van der Waals surface area contributed by atoms with Crippen LogP contribution in [0.25, 0.3) is 0 Å². The summed E-state index contributed by atoms with van der Waals surface area (Å²) in [6.45, 7) is 2.01. The van der Waals surface area contributed by atoms with Gasteiger partial charge in [-0.25, -0.2) is 9.10 Å². The zero-order valence-electron chi connectivity index (χ0n) is 9.84. The van der Waals surface area contributed by atoms with Gasteiger partial charge in [0.25, 0.3) is 0 Å². The van der Waals surface area contributed by atoms with Crippen molar-refractivity contribution in [1.82, 2.24) is 4.31 Å². The molecular weight excluding hydrogens is 222 g/mol. The molecule has 0 aromatic heterocycles. The van der Waals surface area contributed by atoms with Crippen LogP contribution < -0.4 is 0 Å². The van der Waals surface area contributed by atoms with Gasteiger partial charge in [0.1, 0.15) is 0 Å². The fraction of sp³-hybridized carbons (Fsp3) is 0.417. The van der Waals surface area contributed by atoms with Gasteiger partial charge in [-0.1, -0.05) is 30.3 Å². The van der Waals surface area contributed by atoms with Crippen LogP contribution in [0.5, 0.6) is 0 Å². The first-order valence-electron chi connectivity index (χ1n) is 5.14. The Morgan fingerprint density at radius 2 is 2.06 bits per heavy atom. The SMILES string of the molecule is COC(=O)N(SC)C(C)Cc1ccccc1. The highest BCUT2D eigenvalue weighted by Gasteiger charge is 2.19. The molecule has 1 amide bonds. The number of nitrogens with zero attached hydrogens (tertiary/aromatic N) is 1. The lowest BCUT2D eigenvalue weighted by atomic mass is 10.1. The molecule has 0 saturated carbocycles. The minimum Gasteiger partial charge on any atom is -0.452 e. The Kier molecular flexibility index (Phi) is 5.19. The highest BCUT2D eigenvalue weighted by molar-refractivity contribution is 7.96. The summed E-state index contributed by atoms with van der Waals surface area (Å²) >= 11 is 1.39. The lowest BCUT2D eigenvalue weighted by Crippen LogP contribution is -2.34. The monoisotopic (exact) mass is 239 g/mol. The molecule has 0 aliphatic carbocycles. The van der Waals surface area contributed by atoms with Crippen LogP contribution in [0, 0.1) is 0 Å². The van der Waals surface area contributed by atoms with E-state index in [1.165, 1.54) is 24.6 Å². The largest absolute Gasteiger partial charge is 0.452 e. The summed E-state index contributed by atoms with van der Waals surface area (Å²) in [4.78, 5) is 11.5. The van der Waals surface area contributed by atoms with Crippen molar-refractivity contribution in [2.45, 2.75) is 19.4 Å². The van der Waals surface area contributed by atoms with E-state index in [2.05, 4.69) is 12.1 Å². The van der Waals surface area contributed by atoms with Crippen LogP contribution in [0.15, 0.2) is 30.3 Å². The van der Waals surface area contributed by atoms with Gasteiger partial charge in [-0.05, 0) is 30.9 Å². The van der Waals surface area contributed by atoms with Crippen molar-refractivity contribution < 1.29 is 9.53 Å². The highest BCUT2D eigenvalue weighted by atomic mass is 32.2. The topological polar surface area (TPSA) is 29.5 Å². The van der Waals surface area contributed by atoms with Gasteiger partial charge in [-0.2, -0.15) is 0 Å². The number of rotatable bonds is 4. The second-order valence-corrected chi connectivity index (χ2v) is 4.28. The molecule has 0 aliphatic rings. The van der Waals surface area contributed by atoms with Crippen LogP contribution in [0.2, 0.25) is 0 Å². The van der Waals surface area contributed by atoms with Crippen LogP contribution in [0.3, 0.4) is 0 Å².